The summed E-state index contributed by atoms with van der Waals surface area (Å²) in [6.45, 7) is 2.42. The van der Waals surface area contributed by atoms with Gasteiger partial charge in [0, 0.05) is 47.8 Å². The molecule has 2 aliphatic carbocycles. The van der Waals surface area contributed by atoms with Crippen LogP contribution in [0.1, 0.15) is 58.3 Å². The topological polar surface area (TPSA) is 102 Å². The van der Waals surface area contributed by atoms with Crippen LogP contribution in [0.5, 0.6) is 5.88 Å². The Balaban J connectivity index is 1.38. The van der Waals surface area contributed by atoms with E-state index in [1.165, 1.54) is 24.2 Å². The third-order valence-electron chi connectivity index (χ3n) is 7.68. The molecule has 5 rings (SSSR count). The minimum Gasteiger partial charge on any atom is -0.481 e. The summed E-state index contributed by atoms with van der Waals surface area (Å²) in [7, 11) is 1.64. The van der Waals surface area contributed by atoms with Gasteiger partial charge >= 0.3 is 5.97 Å². The second kappa shape index (κ2) is 12.9. The van der Waals surface area contributed by atoms with Crippen LogP contribution in [0.3, 0.4) is 0 Å². The highest BCUT2D eigenvalue weighted by Crippen LogP contribution is 2.40. The molecule has 0 bridgehead atoms. The third-order valence-corrected chi connectivity index (χ3v) is 8.52. The Hall–Kier alpha value is -3.30. The van der Waals surface area contributed by atoms with E-state index in [2.05, 4.69) is 4.98 Å². The standard InChI is InChI=1S/C31H37N3O5S/c1-20(18-38-2)39-28-14-11-22(17-32-28)25-9-5-6-10-26(25)27-19-40-31(33-27)34(24-12-13-24)30(37)23(16-29(35)36)15-21-7-3-4-8-21/h5-6,9-11,14,17,19-21,23-24H,3-4,7-8,12-13,15-16,18H2,1-2H3,(H,35,36). The Morgan fingerprint density at radius 2 is 1.85 bits per heavy atom. The smallest absolute Gasteiger partial charge is 0.304 e. The molecular formula is C31H37N3O5S. The van der Waals surface area contributed by atoms with Crippen LogP contribution in [-0.4, -0.2) is 52.8 Å². The van der Waals surface area contributed by atoms with E-state index in [1.807, 2.05) is 48.7 Å². The van der Waals surface area contributed by atoms with E-state index < -0.39 is 11.9 Å². The number of carboxylic acids is 1. The lowest BCUT2D eigenvalue weighted by atomic mass is 9.90. The number of pyridine rings is 1. The molecule has 2 aliphatic rings. The molecular weight excluding hydrogens is 526 g/mol. The molecule has 212 valence electrons. The van der Waals surface area contributed by atoms with E-state index >= 15 is 0 Å². The maximum atomic E-state index is 13.8. The van der Waals surface area contributed by atoms with Crippen molar-refractivity contribution in [2.45, 2.75) is 70.4 Å². The first-order valence-electron chi connectivity index (χ1n) is 14.1. The van der Waals surface area contributed by atoms with E-state index in [9.17, 15) is 14.7 Å². The summed E-state index contributed by atoms with van der Waals surface area (Å²) in [5, 5.41) is 12.2. The molecule has 8 nitrogen and oxygen atoms in total. The fourth-order valence-corrected chi connectivity index (χ4v) is 6.53. The number of anilines is 1. The number of hydrogen-bond acceptors (Lipinski definition) is 7. The number of rotatable bonds is 13. The minimum absolute atomic E-state index is 0.0894. The quantitative estimate of drug-likeness (QED) is 0.255. The van der Waals surface area contributed by atoms with Gasteiger partial charge in [-0.1, -0.05) is 49.9 Å². The summed E-state index contributed by atoms with van der Waals surface area (Å²) < 4.78 is 10.9. The summed E-state index contributed by atoms with van der Waals surface area (Å²) in [6.07, 6.45) is 8.54. The summed E-state index contributed by atoms with van der Waals surface area (Å²) in [5.74, 6) is -0.553. The maximum Gasteiger partial charge on any atom is 0.304 e. The lowest BCUT2D eigenvalue weighted by Crippen LogP contribution is -2.39. The number of nitrogens with zero attached hydrogens (tertiary/aromatic N) is 3. The number of hydrogen-bond donors (Lipinski definition) is 1. The molecule has 9 heteroatoms. The number of ether oxygens (including phenoxy) is 2. The van der Waals surface area contributed by atoms with Crippen molar-refractivity contribution in [1.29, 1.82) is 0 Å². The number of methoxy groups -OCH3 is 1. The SMILES string of the molecule is COCC(C)Oc1ccc(-c2ccccc2-c2csc(N(C(=O)C(CC(=O)O)CC3CCCC3)C3CC3)n2)cn1. The first kappa shape index (κ1) is 28.2. The molecule has 40 heavy (non-hydrogen) atoms. The number of amides is 1. The van der Waals surface area contributed by atoms with Gasteiger partial charge in [-0.3, -0.25) is 14.5 Å². The fraction of sp³-hybridized carbons (Fsp3) is 0.484. The van der Waals surface area contributed by atoms with E-state index in [1.54, 1.807) is 18.2 Å². The zero-order valence-electron chi connectivity index (χ0n) is 23.1. The average Bonchev–Trinajstić information content (AvgIpc) is 3.41. The molecule has 2 heterocycles. The van der Waals surface area contributed by atoms with Crippen molar-refractivity contribution in [2.75, 3.05) is 18.6 Å². The Labute approximate surface area is 239 Å². The van der Waals surface area contributed by atoms with Crippen LogP contribution in [0, 0.1) is 11.8 Å². The summed E-state index contributed by atoms with van der Waals surface area (Å²) in [4.78, 5) is 36.8. The van der Waals surface area contributed by atoms with Gasteiger partial charge in [-0.15, -0.1) is 11.3 Å². The normalized spacial score (nSPS) is 16.9. The fourth-order valence-electron chi connectivity index (χ4n) is 5.63. The van der Waals surface area contributed by atoms with Gasteiger partial charge in [0.25, 0.3) is 0 Å². The highest BCUT2D eigenvalue weighted by atomic mass is 32.1. The number of benzene rings is 1. The zero-order valence-corrected chi connectivity index (χ0v) is 23.9. The molecule has 0 aliphatic heterocycles. The van der Waals surface area contributed by atoms with E-state index in [-0.39, 0.29) is 24.5 Å². The van der Waals surface area contributed by atoms with Crippen molar-refractivity contribution >= 4 is 28.3 Å². The van der Waals surface area contributed by atoms with Gasteiger partial charge in [0.05, 0.1) is 18.7 Å². The largest absolute Gasteiger partial charge is 0.481 e. The van der Waals surface area contributed by atoms with Gasteiger partial charge < -0.3 is 14.6 Å². The van der Waals surface area contributed by atoms with Gasteiger partial charge in [-0.25, -0.2) is 9.97 Å². The van der Waals surface area contributed by atoms with Gasteiger partial charge in [0.2, 0.25) is 11.8 Å². The Bertz CT molecular complexity index is 1300. The molecule has 2 atom stereocenters. The first-order chi connectivity index (χ1) is 19.4. The van der Waals surface area contributed by atoms with E-state index in [0.717, 1.165) is 48.1 Å². The number of aromatic nitrogens is 2. The van der Waals surface area contributed by atoms with Crippen LogP contribution in [-0.2, 0) is 14.3 Å². The second-order valence-electron chi connectivity index (χ2n) is 11.0. The lowest BCUT2D eigenvalue weighted by molar-refractivity contribution is -0.141. The van der Waals surface area contributed by atoms with Gasteiger partial charge in [-0.05, 0) is 43.7 Å². The van der Waals surface area contributed by atoms with Crippen molar-refractivity contribution < 1.29 is 24.2 Å². The monoisotopic (exact) mass is 563 g/mol. The van der Waals surface area contributed by atoms with Crippen molar-refractivity contribution in [3.8, 4) is 28.3 Å². The summed E-state index contributed by atoms with van der Waals surface area (Å²) >= 11 is 1.45. The number of carbonyl (C=O) groups is 2. The second-order valence-corrected chi connectivity index (χ2v) is 11.8. The number of aliphatic carboxylic acids is 1. The number of carbonyl (C=O) groups excluding carboxylic acids is 1. The molecule has 0 radical (unpaired) electrons. The molecule has 0 spiro atoms. The Kier molecular flexibility index (Phi) is 9.11. The van der Waals surface area contributed by atoms with Crippen molar-refractivity contribution in [2.24, 2.45) is 11.8 Å². The first-order valence-corrected chi connectivity index (χ1v) is 15.0. The van der Waals surface area contributed by atoms with Crippen LogP contribution in [0.25, 0.3) is 22.4 Å². The molecule has 2 aromatic heterocycles. The predicted octanol–water partition coefficient (Wildman–Crippen LogP) is 6.45. The van der Waals surface area contributed by atoms with Crippen LogP contribution in [0.2, 0.25) is 0 Å². The van der Waals surface area contributed by atoms with Gasteiger partial charge in [0.15, 0.2) is 5.13 Å². The van der Waals surface area contributed by atoms with Crippen molar-refractivity contribution in [1.82, 2.24) is 9.97 Å². The molecule has 0 saturated heterocycles. The average molecular weight is 564 g/mol. The highest BCUT2D eigenvalue weighted by molar-refractivity contribution is 7.14. The number of carboxylic acid groups (broad SMARTS) is 1. The molecule has 2 fully saturated rings. The van der Waals surface area contributed by atoms with Gasteiger partial charge in [-0.2, -0.15) is 0 Å². The number of thiazole rings is 1. The van der Waals surface area contributed by atoms with Crippen LogP contribution < -0.4 is 9.64 Å². The maximum absolute atomic E-state index is 13.8. The molecule has 2 saturated carbocycles. The van der Waals surface area contributed by atoms with Crippen LogP contribution in [0.15, 0.2) is 48.0 Å². The summed E-state index contributed by atoms with van der Waals surface area (Å²) in [5.41, 5.74) is 3.65. The third kappa shape index (κ3) is 6.88. The van der Waals surface area contributed by atoms with Crippen molar-refractivity contribution in [3.63, 3.8) is 0 Å². The Morgan fingerprint density at radius 3 is 2.50 bits per heavy atom. The van der Waals surface area contributed by atoms with Crippen molar-refractivity contribution in [3.05, 3.63) is 48.0 Å². The lowest BCUT2D eigenvalue weighted by Gasteiger charge is -2.26. The predicted molar refractivity (Wildman–Crippen MR) is 156 cm³/mol. The Morgan fingerprint density at radius 1 is 1.10 bits per heavy atom. The minimum atomic E-state index is -0.918. The van der Waals surface area contributed by atoms with Gasteiger partial charge in [0.1, 0.15) is 6.10 Å². The van der Waals surface area contributed by atoms with E-state index in [0.29, 0.717) is 30.0 Å². The van der Waals surface area contributed by atoms with Crippen LogP contribution in [0.4, 0.5) is 5.13 Å². The zero-order chi connectivity index (χ0) is 28.1. The molecule has 1 aromatic carbocycles. The molecule has 3 aromatic rings. The van der Waals surface area contributed by atoms with E-state index in [4.69, 9.17) is 14.5 Å². The highest BCUT2D eigenvalue weighted by Gasteiger charge is 2.40. The van der Waals surface area contributed by atoms with Crippen LogP contribution >= 0.6 is 11.3 Å². The molecule has 2 unspecified atom stereocenters. The molecule has 1 N–H and O–H groups in total. The molecule has 1 amide bonds. The summed E-state index contributed by atoms with van der Waals surface area (Å²) in [6, 6.07) is 11.9.